The Labute approximate surface area is 329 Å². The number of hydrogen-bond donors (Lipinski definition) is 0. The van der Waals surface area contributed by atoms with Gasteiger partial charge < -0.3 is 4.57 Å². The van der Waals surface area contributed by atoms with Gasteiger partial charge in [-0.05, 0) is 70.0 Å². The maximum Gasteiger partial charge on any atom is 0.160 e. The maximum absolute atomic E-state index is 5.29. The second-order valence-electron chi connectivity index (χ2n) is 14.5. The van der Waals surface area contributed by atoms with Gasteiger partial charge in [0.25, 0.3) is 0 Å². The third kappa shape index (κ3) is 5.66. The van der Waals surface area contributed by atoms with Gasteiger partial charge in [0.05, 0.1) is 22.9 Å². The summed E-state index contributed by atoms with van der Waals surface area (Å²) in [5, 5.41) is 3.87. The van der Waals surface area contributed by atoms with Gasteiger partial charge in [0, 0.05) is 42.6 Å². The van der Waals surface area contributed by atoms with E-state index in [0.29, 0.717) is 5.82 Å². The molecule has 4 heteroatoms. The van der Waals surface area contributed by atoms with Crippen molar-refractivity contribution in [3.63, 3.8) is 0 Å². The van der Waals surface area contributed by atoms with E-state index in [1.165, 1.54) is 64.6 Å². The Hall–Kier alpha value is -6.88. The lowest BCUT2D eigenvalue weighted by Gasteiger charge is -2.22. The van der Waals surface area contributed by atoms with Crippen molar-refractivity contribution in [1.82, 2.24) is 14.5 Å². The minimum atomic E-state index is 0.173. The molecule has 3 aromatic heterocycles. The van der Waals surface area contributed by atoms with E-state index in [9.17, 15) is 0 Å². The fraction of sp³-hybridized carbons (Fsp3) is 0.0385. The second-order valence-corrected chi connectivity index (χ2v) is 15.6. The highest BCUT2D eigenvalue weighted by Gasteiger charge is 2.24. The summed E-state index contributed by atoms with van der Waals surface area (Å²) < 4.78 is 3.89. The van der Waals surface area contributed by atoms with Gasteiger partial charge in [0.1, 0.15) is 0 Å². The fourth-order valence-corrected chi connectivity index (χ4v) is 9.56. The normalized spacial score (nSPS) is 13.8. The molecule has 56 heavy (non-hydrogen) atoms. The van der Waals surface area contributed by atoms with Crippen molar-refractivity contribution in [2.45, 2.75) is 12.5 Å². The van der Waals surface area contributed by atoms with Crippen LogP contribution in [0.5, 0.6) is 0 Å². The van der Waals surface area contributed by atoms with Crippen LogP contribution in [-0.4, -0.2) is 14.5 Å². The van der Waals surface area contributed by atoms with Crippen molar-refractivity contribution < 1.29 is 0 Å². The molecular weight excluding hydrogens is 699 g/mol. The predicted octanol–water partition coefficient (Wildman–Crippen LogP) is 13.9. The Bertz CT molecular complexity index is 2980. The Morgan fingerprint density at radius 2 is 0.964 bits per heavy atom. The first-order valence-electron chi connectivity index (χ1n) is 19.2. The van der Waals surface area contributed by atoms with Crippen molar-refractivity contribution in [2.75, 3.05) is 0 Å². The molecule has 0 N–H and O–H groups in total. The molecule has 3 heterocycles. The summed E-state index contributed by atoms with van der Waals surface area (Å²) in [6.45, 7) is 0. The van der Waals surface area contributed by atoms with Crippen LogP contribution in [0, 0.1) is 0 Å². The highest BCUT2D eigenvalue weighted by atomic mass is 32.1. The molecule has 264 valence electrons. The summed E-state index contributed by atoms with van der Waals surface area (Å²) in [6.07, 6.45) is 5.68. The van der Waals surface area contributed by atoms with Crippen LogP contribution in [0.1, 0.15) is 16.5 Å². The van der Waals surface area contributed by atoms with Crippen LogP contribution in [0.4, 0.5) is 0 Å². The molecule has 11 rings (SSSR count). The Morgan fingerprint density at radius 1 is 0.446 bits per heavy atom. The third-order valence-corrected chi connectivity index (χ3v) is 12.4. The van der Waals surface area contributed by atoms with Crippen molar-refractivity contribution in [2.24, 2.45) is 0 Å². The van der Waals surface area contributed by atoms with E-state index in [0.717, 1.165) is 34.5 Å². The van der Waals surface area contributed by atoms with Gasteiger partial charge in [-0.2, -0.15) is 0 Å². The molecule has 0 saturated heterocycles. The van der Waals surface area contributed by atoms with Crippen molar-refractivity contribution in [3.8, 4) is 56.2 Å². The van der Waals surface area contributed by atoms with Gasteiger partial charge in [-0.25, -0.2) is 9.97 Å². The average molecular weight is 734 g/mol. The van der Waals surface area contributed by atoms with Crippen LogP contribution in [0.3, 0.4) is 0 Å². The largest absolute Gasteiger partial charge is 0.333 e. The van der Waals surface area contributed by atoms with Crippen LogP contribution in [0.15, 0.2) is 188 Å². The number of hydrogen-bond acceptors (Lipinski definition) is 3. The lowest BCUT2D eigenvalue weighted by molar-refractivity contribution is 0.640. The molecule has 0 amide bonds. The molecule has 0 fully saturated rings. The molecule has 1 aliphatic carbocycles. The molecule has 1 atom stereocenters. The smallest absolute Gasteiger partial charge is 0.160 e. The zero-order valence-electron chi connectivity index (χ0n) is 30.5. The summed E-state index contributed by atoms with van der Waals surface area (Å²) in [5.41, 5.74) is 13.5. The summed E-state index contributed by atoms with van der Waals surface area (Å²) in [6, 6.07) is 65.2. The van der Waals surface area contributed by atoms with E-state index in [1.807, 2.05) is 11.3 Å². The molecule has 1 aliphatic rings. The van der Waals surface area contributed by atoms with Crippen LogP contribution in [-0.2, 0) is 6.42 Å². The van der Waals surface area contributed by atoms with E-state index in [2.05, 4.69) is 199 Å². The van der Waals surface area contributed by atoms with Crippen LogP contribution < -0.4 is 0 Å². The first-order valence-corrected chi connectivity index (χ1v) is 20.0. The summed E-state index contributed by atoms with van der Waals surface area (Å²) in [4.78, 5) is 12.0. The number of thiophene rings is 1. The van der Waals surface area contributed by atoms with Crippen molar-refractivity contribution >= 4 is 49.3 Å². The van der Waals surface area contributed by atoms with Gasteiger partial charge >= 0.3 is 0 Å². The molecule has 7 aromatic carbocycles. The van der Waals surface area contributed by atoms with Crippen molar-refractivity contribution in [3.05, 3.63) is 199 Å². The Morgan fingerprint density at radius 3 is 1.62 bits per heavy atom. The number of aromatic nitrogens is 3. The SMILES string of the molecule is C1=CC(n2c3ccccc3c3ccc(-c4nc(-c5ccc(-c6ccccc6)cc5)cc(-c5ccc(-c6ccccc6)cc5)n4)cc32)Cc2c1sc1ccccc21. The average Bonchev–Trinajstić information content (AvgIpc) is 3.82. The summed E-state index contributed by atoms with van der Waals surface area (Å²) in [5.74, 6) is 0.709. The van der Waals surface area contributed by atoms with Crippen LogP contribution in [0.2, 0.25) is 0 Å². The topological polar surface area (TPSA) is 30.7 Å². The molecule has 10 aromatic rings. The molecule has 0 radical (unpaired) electrons. The first-order chi connectivity index (χ1) is 27.7. The first kappa shape index (κ1) is 32.5. The van der Waals surface area contributed by atoms with Crippen LogP contribution >= 0.6 is 11.3 Å². The highest BCUT2D eigenvalue weighted by Crippen LogP contribution is 2.42. The zero-order valence-corrected chi connectivity index (χ0v) is 31.3. The van der Waals surface area contributed by atoms with E-state index in [4.69, 9.17) is 9.97 Å². The Balaban J connectivity index is 1.05. The zero-order chi connectivity index (χ0) is 37.0. The highest BCUT2D eigenvalue weighted by molar-refractivity contribution is 7.20. The summed E-state index contributed by atoms with van der Waals surface area (Å²) >= 11 is 1.89. The lowest BCUT2D eigenvalue weighted by Crippen LogP contribution is -2.12. The monoisotopic (exact) mass is 733 g/mol. The predicted molar refractivity (Wildman–Crippen MR) is 236 cm³/mol. The number of allylic oxidation sites excluding steroid dienone is 1. The third-order valence-electron chi connectivity index (χ3n) is 11.2. The van der Waals surface area contributed by atoms with E-state index in [1.54, 1.807) is 0 Å². The number of rotatable bonds is 6. The van der Waals surface area contributed by atoms with E-state index >= 15 is 0 Å². The molecule has 0 aliphatic heterocycles. The minimum Gasteiger partial charge on any atom is -0.333 e. The summed E-state index contributed by atoms with van der Waals surface area (Å²) in [7, 11) is 0. The van der Waals surface area contributed by atoms with Crippen molar-refractivity contribution in [1.29, 1.82) is 0 Å². The van der Waals surface area contributed by atoms with Gasteiger partial charge in [0.15, 0.2) is 5.82 Å². The molecular formula is C52H35N3S. The Kier molecular flexibility index (Phi) is 7.82. The van der Waals surface area contributed by atoms with Gasteiger partial charge in [0.2, 0.25) is 0 Å². The molecule has 3 nitrogen and oxygen atoms in total. The molecule has 0 spiro atoms. The second kappa shape index (κ2) is 13.5. The van der Waals surface area contributed by atoms with E-state index in [-0.39, 0.29) is 6.04 Å². The lowest BCUT2D eigenvalue weighted by atomic mass is 9.97. The van der Waals surface area contributed by atoms with Gasteiger partial charge in [-0.3, -0.25) is 0 Å². The molecule has 0 saturated carbocycles. The number of benzene rings is 7. The van der Waals surface area contributed by atoms with Gasteiger partial charge in [-0.15, -0.1) is 11.3 Å². The standard InChI is InChI=1S/C52H35N3S/c1-3-11-34(12-4-1)36-19-23-38(24-20-36)46-33-47(39-25-21-37(22-26-39)35-13-5-2-6-14-35)54-52(53-46)40-27-29-43-42-15-7-9-17-48(42)55(49(43)31-40)41-28-30-51-45(32-41)44-16-8-10-18-50(44)56-51/h1-31,33,41H,32H2. The fourth-order valence-electron chi connectivity index (χ4n) is 8.41. The number of para-hydroxylation sites is 1. The van der Waals surface area contributed by atoms with Crippen LogP contribution in [0.25, 0.3) is 94.1 Å². The quantitative estimate of drug-likeness (QED) is 0.170. The number of fused-ring (bicyclic) bond motifs is 6. The minimum absolute atomic E-state index is 0.173. The maximum atomic E-state index is 5.29. The number of nitrogens with zero attached hydrogens (tertiary/aromatic N) is 3. The molecule has 0 bridgehead atoms. The van der Waals surface area contributed by atoms with E-state index < -0.39 is 0 Å². The van der Waals surface area contributed by atoms with Gasteiger partial charge in [-0.1, -0.05) is 164 Å². The molecule has 1 unspecified atom stereocenters.